The molecule has 0 saturated carbocycles. The standard InChI is InChI=1S/C14H25N3O3/c1-14(13(19)20)6-2-3-7-17(14)12(18)10-16-8-4-11(15)5-9-16/h11H,2-10,15H2,1H3,(H,19,20). The number of hydrogen-bond acceptors (Lipinski definition) is 4. The molecule has 2 aliphatic rings. The zero-order valence-corrected chi connectivity index (χ0v) is 12.2. The summed E-state index contributed by atoms with van der Waals surface area (Å²) in [5, 5.41) is 9.43. The number of carboxylic acid groups (broad SMARTS) is 1. The molecule has 1 atom stereocenters. The molecule has 0 radical (unpaired) electrons. The number of carboxylic acids is 1. The molecule has 0 spiro atoms. The molecule has 1 unspecified atom stereocenters. The Labute approximate surface area is 119 Å². The molecule has 0 bridgehead atoms. The fraction of sp³-hybridized carbons (Fsp3) is 0.857. The molecule has 2 heterocycles. The van der Waals surface area contributed by atoms with Crippen LogP contribution in [-0.4, -0.2) is 64.5 Å². The summed E-state index contributed by atoms with van der Waals surface area (Å²) >= 11 is 0. The summed E-state index contributed by atoms with van der Waals surface area (Å²) in [4.78, 5) is 27.6. The van der Waals surface area contributed by atoms with Crippen molar-refractivity contribution in [3.05, 3.63) is 0 Å². The van der Waals surface area contributed by atoms with Gasteiger partial charge in [-0.25, -0.2) is 4.79 Å². The SMILES string of the molecule is CC1(C(=O)O)CCCCN1C(=O)CN1CCC(N)CC1. The molecule has 1 amide bonds. The lowest BCUT2D eigenvalue weighted by atomic mass is 9.88. The average Bonchev–Trinajstić information content (AvgIpc) is 2.41. The van der Waals surface area contributed by atoms with Crippen molar-refractivity contribution in [1.29, 1.82) is 0 Å². The van der Waals surface area contributed by atoms with Gasteiger partial charge < -0.3 is 15.7 Å². The normalized spacial score (nSPS) is 29.4. The van der Waals surface area contributed by atoms with Crippen LogP contribution in [0.2, 0.25) is 0 Å². The molecule has 0 aromatic heterocycles. The molecule has 2 fully saturated rings. The first-order valence-corrected chi connectivity index (χ1v) is 7.45. The topological polar surface area (TPSA) is 86.9 Å². The summed E-state index contributed by atoms with van der Waals surface area (Å²) in [6.07, 6.45) is 4.11. The van der Waals surface area contributed by atoms with E-state index in [1.165, 1.54) is 0 Å². The van der Waals surface area contributed by atoms with E-state index >= 15 is 0 Å². The fourth-order valence-electron chi connectivity index (χ4n) is 3.13. The Morgan fingerprint density at radius 3 is 2.50 bits per heavy atom. The van der Waals surface area contributed by atoms with Crippen molar-refractivity contribution in [3.63, 3.8) is 0 Å². The highest BCUT2D eigenvalue weighted by Crippen LogP contribution is 2.28. The first-order chi connectivity index (χ1) is 9.43. The highest BCUT2D eigenvalue weighted by Gasteiger charge is 2.44. The molecular formula is C14H25N3O3. The maximum atomic E-state index is 12.5. The van der Waals surface area contributed by atoms with E-state index < -0.39 is 11.5 Å². The van der Waals surface area contributed by atoms with Crippen LogP contribution in [-0.2, 0) is 9.59 Å². The Morgan fingerprint density at radius 2 is 1.90 bits per heavy atom. The summed E-state index contributed by atoms with van der Waals surface area (Å²) in [5.74, 6) is -0.962. The van der Waals surface area contributed by atoms with Crippen molar-refractivity contribution >= 4 is 11.9 Å². The van der Waals surface area contributed by atoms with Crippen molar-refractivity contribution in [2.24, 2.45) is 5.73 Å². The second kappa shape index (κ2) is 6.10. The van der Waals surface area contributed by atoms with Crippen molar-refractivity contribution in [1.82, 2.24) is 9.80 Å². The molecule has 114 valence electrons. The molecular weight excluding hydrogens is 258 g/mol. The second-order valence-corrected chi connectivity index (χ2v) is 6.20. The quantitative estimate of drug-likeness (QED) is 0.776. The molecule has 6 nitrogen and oxygen atoms in total. The Bertz CT molecular complexity index is 380. The molecule has 0 aromatic carbocycles. The second-order valence-electron chi connectivity index (χ2n) is 6.20. The van der Waals surface area contributed by atoms with Gasteiger partial charge in [0.15, 0.2) is 0 Å². The number of aliphatic carboxylic acids is 1. The molecule has 2 rings (SSSR count). The Balaban J connectivity index is 1.98. The number of likely N-dealkylation sites (tertiary alicyclic amines) is 2. The van der Waals surface area contributed by atoms with Gasteiger partial charge in [-0.3, -0.25) is 9.69 Å². The van der Waals surface area contributed by atoms with Crippen LogP contribution in [0.25, 0.3) is 0 Å². The zero-order chi connectivity index (χ0) is 14.8. The summed E-state index contributed by atoms with van der Waals surface area (Å²) in [6, 6.07) is 0.237. The molecule has 0 aliphatic carbocycles. The summed E-state index contributed by atoms with van der Waals surface area (Å²) in [5.41, 5.74) is 4.81. The van der Waals surface area contributed by atoms with Gasteiger partial charge in [-0.2, -0.15) is 0 Å². The van der Waals surface area contributed by atoms with Gasteiger partial charge in [-0.05, 0) is 39.0 Å². The Hall–Kier alpha value is -1.14. The van der Waals surface area contributed by atoms with Gasteiger partial charge in [0.05, 0.1) is 6.54 Å². The third-order valence-corrected chi connectivity index (χ3v) is 4.64. The third kappa shape index (κ3) is 3.12. The number of nitrogens with zero attached hydrogens (tertiary/aromatic N) is 2. The number of rotatable bonds is 3. The number of piperidine rings is 2. The predicted octanol–water partition coefficient (Wildman–Crippen LogP) is 0.265. The average molecular weight is 283 g/mol. The first kappa shape index (κ1) is 15.3. The lowest BCUT2D eigenvalue weighted by Gasteiger charge is -2.42. The molecule has 3 N–H and O–H groups in total. The summed E-state index contributed by atoms with van der Waals surface area (Å²) in [7, 11) is 0. The minimum absolute atomic E-state index is 0.0647. The number of amides is 1. The van der Waals surface area contributed by atoms with E-state index in [0.717, 1.165) is 38.8 Å². The lowest BCUT2D eigenvalue weighted by molar-refractivity contribution is -0.161. The van der Waals surface area contributed by atoms with Gasteiger partial charge in [0, 0.05) is 25.7 Å². The van der Waals surface area contributed by atoms with Crippen molar-refractivity contribution in [2.45, 2.75) is 50.6 Å². The van der Waals surface area contributed by atoms with Gasteiger partial charge in [0.25, 0.3) is 0 Å². The molecule has 6 heteroatoms. The van der Waals surface area contributed by atoms with Crippen molar-refractivity contribution < 1.29 is 14.7 Å². The van der Waals surface area contributed by atoms with Crippen LogP contribution in [0.5, 0.6) is 0 Å². The number of carbonyl (C=O) groups excluding carboxylic acids is 1. The minimum Gasteiger partial charge on any atom is -0.480 e. The number of hydrogen-bond donors (Lipinski definition) is 2. The van der Waals surface area contributed by atoms with Crippen LogP contribution in [0.1, 0.15) is 39.0 Å². The van der Waals surface area contributed by atoms with Crippen LogP contribution < -0.4 is 5.73 Å². The monoisotopic (exact) mass is 283 g/mol. The summed E-state index contributed by atoms with van der Waals surface area (Å²) in [6.45, 7) is 4.18. The van der Waals surface area contributed by atoms with E-state index in [-0.39, 0.29) is 11.9 Å². The predicted molar refractivity (Wildman–Crippen MR) is 75.3 cm³/mol. The molecule has 20 heavy (non-hydrogen) atoms. The highest BCUT2D eigenvalue weighted by molar-refractivity contribution is 5.87. The largest absolute Gasteiger partial charge is 0.480 e. The van der Waals surface area contributed by atoms with E-state index in [2.05, 4.69) is 4.90 Å². The lowest BCUT2D eigenvalue weighted by Crippen LogP contribution is -2.59. The van der Waals surface area contributed by atoms with Crippen LogP contribution >= 0.6 is 0 Å². The Kier molecular flexibility index (Phi) is 4.65. The first-order valence-electron chi connectivity index (χ1n) is 7.45. The van der Waals surface area contributed by atoms with E-state index in [0.29, 0.717) is 19.5 Å². The molecule has 2 aliphatic heterocycles. The summed E-state index contributed by atoms with van der Waals surface area (Å²) < 4.78 is 0. The van der Waals surface area contributed by atoms with E-state index in [4.69, 9.17) is 5.73 Å². The molecule has 0 aromatic rings. The number of carbonyl (C=O) groups is 2. The molecule has 2 saturated heterocycles. The van der Waals surface area contributed by atoms with Gasteiger partial charge in [-0.1, -0.05) is 0 Å². The number of nitrogens with two attached hydrogens (primary N) is 1. The van der Waals surface area contributed by atoms with Gasteiger partial charge >= 0.3 is 5.97 Å². The van der Waals surface area contributed by atoms with Crippen LogP contribution in [0.4, 0.5) is 0 Å². The van der Waals surface area contributed by atoms with Crippen LogP contribution in [0.3, 0.4) is 0 Å². The van der Waals surface area contributed by atoms with E-state index in [9.17, 15) is 14.7 Å². The van der Waals surface area contributed by atoms with Crippen molar-refractivity contribution in [2.75, 3.05) is 26.2 Å². The van der Waals surface area contributed by atoms with Crippen molar-refractivity contribution in [3.8, 4) is 0 Å². The van der Waals surface area contributed by atoms with Gasteiger partial charge in [0.2, 0.25) is 5.91 Å². The smallest absolute Gasteiger partial charge is 0.329 e. The van der Waals surface area contributed by atoms with Crippen LogP contribution in [0, 0.1) is 0 Å². The maximum Gasteiger partial charge on any atom is 0.329 e. The van der Waals surface area contributed by atoms with Gasteiger partial charge in [0.1, 0.15) is 5.54 Å². The van der Waals surface area contributed by atoms with Gasteiger partial charge in [-0.15, -0.1) is 0 Å². The van der Waals surface area contributed by atoms with E-state index in [1.807, 2.05) is 0 Å². The third-order valence-electron chi connectivity index (χ3n) is 4.64. The zero-order valence-electron chi connectivity index (χ0n) is 12.2. The minimum atomic E-state index is -1.04. The van der Waals surface area contributed by atoms with Crippen LogP contribution in [0.15, 0.2) is 0 Å². The maximum absolute atomic E-state index is 12.5. The van der Waals surface area contributed by atoms with E-state index in [1.54, 1.807) is 11.8 Å². The Morgan fingerprint density at radius 1 is 1.25 bits per heavy atom. The fourth-order valence-corrected chi connectivity index (χ4v) is 3.13. The highest BCUT2D eigenvalue weighted by atomic mass is 16.4.